The van der Waals surface area contributed by atoms with Gasteiger partial charge in [0.1, 0.15) is 6.04 Å². The van der Waals surface area contributed by atoms with Gasteiger partial charge in [-0.05, 0) is 5.56 Å². The van der Waals surface area contributed by atoms with Gasteiger partial charge in [-0.1, -0.05) is 44.2 Å². The largest absolute Gasteiger partial charge is 0.368 e. The molecule has 0 saturated carbocycles. The Balaban J connectivity index is 0.00000121. The summed E-state index contributed by atoms with van der Waals surface area (Å²) in [5.41, 5.74) is 6.15. The topological polar surface area (TPSA) is 72.2 Å². The Hall–Kier alpha value is -1.84. The molecule has 0 bridgehead atoms. The fraction of sp³-hybridized carbons (Fsp3) is 0.385. The maximum Gasteiger partial charge on any atom is 0.240 e. The third-order valence-corrected chi connectivity index (χ3v) is 2.00. The lowest BCUT2D eigenvalue weighted by Gasteiger charge is -2.13. The quantitative estimate of drug-likeness (QED) is 0.825. The van der Waals surface area contributed by atoms with Crippen LogP contribution in [0.25, 0.3) is 0 Å². The van der Waals surface area contributed by atoms with Crippen LogP contribution in [0, 0.1) is 0 Å². The molecule has 4 nitrogen and oxygen atoms in total. The summed E-state index contributed by atoms with van der Waals surface area (Å²) in [6, 6.07) is 8.78. The lowest BCUT2D eigenvalue weighted by molar-refractivity contribution is -0.126. The summed E-state index contributed by atoms with van der Waals surface area (Å²) >= 11 is 0. The highest BCUT2D eigenvalue weighted by molar-refractivity contribution is 5.85. The molecule has 1 unspecified atom stereocenters. The second-order valence-electron chi connectivity index (χ2n) is 3.35. The zero-order valence-corrected chi connectivity index (χ0v) is 10.6. The molecule has 0 aromatic heterocycles. The lowest BCUT2D eigenvalue weighted by Crippen LogP contribution is -2.44. The third kappa shape index (κ3) is 6.35. The highest BCUT2D eigenvalue weighted by Crippen LogP contribution is 2.02. The lowest BCUT2D eigenvalue weighted by atomic mass is 10.1. The third-order valence-electron chi connectivity index (χ3n) is 2.00. The van der Waals surface area contributed by atoms with E-state index < -0.39 is 11.9 Å². The van der Waals surface area contributed by atoms with Crippen molar-refractivity contribution in [3.05, 3.63) is 35.9 Å². The first-order valence-electron chi connectivity index (χ1n) is 5.70. The molecule has 94 valence electrons. The second-order valence-corrected chi connectivity index (χ2v) is 3.35. The summed E-state index contributed by atoms with van der Waals surface area (Å²) in [5, 5.41) is 2.51. The van der Waals surface area contributed by atoms with E-state index in [0.717, 1.165) is 5.56 Å². The Labute approximate surface area is 102 Å². The molecule has 4 heteroatoms. The molecule has 0 radical (unpaired) electrons. The van der Waals surface area contributed by atoms with E-state index in [2.05, 4.69) is 5.32 Å². The molecule has 1 atom stereocenters. The van der Waals surface area contributed by atoms with Gasteiger partial charge in [-0.15, -0.1) is 0 Å². The van der Waals surface area contributed by atoms with Gasteiger partial charge in [-0.25, -0.2) is 0 Å². The molecule has 0 aliphatic carbocycles. The Bertz CT molecular complexity index is 350. The van der Waals surface area contributed by atoms with Gasteiger partial charge in [-0.3, -0.25) is 9.59 Å². The van der Waals surface area contributed by atoms with Crippen LogP contribution >= 0.6 is 0 Å². The van der Waals surface area contributed by atoms with Gasteiger partial charge < -0.3 is 11.1 Å². The van der Waals surface area contributed by atoms with E-state index >= 15 is 0 Å². The molecule has 1 aromatic rings. The average Bonchev–Trinajstić information content (AvgIpc) is 2.31. The van der Waals surface area contributed by atoms with Crippen molar-refractivity contribution in [3.8, 4) is 0 Å². The van der Waals surface area contributed by atoms with Gasteiger partial charge in [0.15, 0.2) is 0 Å². The summed E-state index contributed by atoms with van der Waals surface area (Å²) in [4.78, 5) is 21.9. The number of nitrogens with two attached hydrogens (primary N) is 1. The molecule has 1 rings (SSSR count). The van der Waals surface area contributed by atoms with Crippen LogP contribution in [0.3, 0.4) is 0 Å². The minimum absolute atomic E-state index is 0.255. The van der Waals surface area contributed by atoms with Crippen LogP contribution in [0.1, 0.15) is 26.3 Å². The number of nitrogens with one attached hydrogen (secondary N) is 1. The number of amides is 2. The van der Waals surface area contributed by atoms with Crippen molar-refractivity contribution >= 4 is 11.8 Å². The Morgan fingerprint density at radius 3 is 2.18 bits per heavy atom. The predicted molar refractivity (Wildman–Crippen MR) is 68.3 cm³/mol. The van der Waals surface area contributed by atoms with E-state index in [4.69, 9.17) is 5.73 Å². The van der Waals surface area contributed by atoms with Crippen LogP contribution in [0.2, 0.25) is 0 Å². The normalized spacial score (nSPS) is 10.8. The van der Waals surface area contributed by atoms with Gasteiger partial charge in [0.2, 0.25) is 11.8 Å². The Morgan fingerprint density at radius 2 is 1.76 bits per heavy atom. The van der Waals surface area contributed by atoms with Gasteiger partial charge >= 0.3 is 0 Å². The number of carbonyl (C=O) groups excluding carboxylic acids is 2. The van der Waals surface area contributed by atoms with E-state index in [1.165, 1.54) is 6.92 Å². The summed E-state index contributed by atoms with van der Waals surface area (Å²) in [6.45, 7) is 5.36. The monoisotopic (exact) mass is 236 g/mol. The van der Waals surface area contributed by atoms with Gasteiger partial charge in [0.25, 0.3) is 0 Å². The van der Waals surface area contributed by atoms with Crippen molar-refractivity contribution in [2.75, 3.05) is 0 Å². The first-order valence-corrected chi connectivity index (χ1v) is 5.70. The van der Waals surface area contributed by atoms with Crippen LogP contribution in [0.4, 0.5) is 0 Å². The molecule has 0 spiro atoms. The zero-order valence-electron chi connectivity index (χ0n) is 10.6. The standard InChI is InChI=1S/C11H14N2O2.C2H6/c1-8(14)13-10(11(12)15)7-9-5-3-2-4-6-9;1-2/h2-6,10H,7H2,1H3,(H2,12,15)(H,13,14);1-2H3. The van der Waals surface area contributed by atoms with E-state index in [1.807, 2.05) is 44.2 Å². The van der Waals surface area contributed by atoms with E-state index in [9.17, 15) is 9.59 Å². The van der Waals surface area contributed by atoms with Crippen molar-refractivity contribution in [1.29, 1.82) is 0 Å². The molecule has 0 aliphatic rings. The number of carbonyl (C=O) groups is 2. The number of hydrogen-bond donors (Lipinski definition) is 2. The van der Waals surface area contributed by atoms with Crippen molar-refractivity contribution in [2.45, 2.75) is 33.2 Å². The molecule has 2 amide bonds. The maximum atomic E-state index is 11.0. The molecule has 1 aromatic carbocycles. The summed E-state index contributed by atoms with van der Waals surface area (Å²) in [6.07, 6.45) is 0.426. The van der Waals surface area contributed by atoms with Gasteiger partial charge in [0, 0.05) is 13.3 Å². The SMILES string of the molecule is CC.CC(=O)NC(Cc1ccccc1)C(N)=O. The zero-order chi connectivity index (χ0) is 13.3. The molecule has 17 heavy (non-hydrogen) atoms. The maximum absolute atomic E-state index is 11.0. The fourth-order valence-corrected chi connectivity index (χ4v) is 1.32. The van der Waals surface area contributed by atoms with E-state index in [1.54, 1.807) is 0 Å². The van der Waals surface area contributed by atoms with Crippen molar-refractivity contribution in [3.63, 3.8) is 0 Å². The highest BCUT2D eigenvalue weighted by atomic mass is 16.2. The fourth-order valence-electron chi connectivity index (χ4n) is 1.32. The Morgan fingerprint density at radius 1 is 1.24 bits per heavy atom. The average molecular weight is 236 g/mol. The van der Waals surface area contributed by atoms with Gasteiger partial charge in [0.05, 0.1) is 0 Å². The predicted octanol–water partition coefficient (Wildman–Crippen LogP) is 1.25. The first kappa shape index (κ1) is 15.2. The van der Waals surface area contributed by atoms with Crippen LogP contribution in [-0.4, -0.2) is 17.9 Å². The van der Waals surface area contributed by atoms with E-state index in [-0.39, 0.29) is 5.91 Å². The molecular formula is C13H20N2O2. The molecule has 0 saturated heterocycles. The first-order chi connectivity index (χ1) is 8.09. The van der Waals surface area contributed by atoms with E-state index in [0.29, 0.717) is 6.42 Å². The molecule has 0 heterocycles. The smallest absolute Gasteiger partial charge is 0.240 e. The molecule has 0 aliphatic heterocycles. The minimum Gasteiger partial charge on any atom is -0.368 e. The number of hydrogen-bond acceptors (Lipinski definition) is 2. The van der Waals surface area contributed by atoms with Crippen molar-refractivity contribution < 1.29 is 9.59 Å². The van der Waals surface area contributed by atoms with Gasteiger partial charge in [-0.2, -0.15) is 0 Å². The Kier molecular flexibility index (Phi) is 7.43. The van der Waals surface area contributed by atoms with Crippen molar-refractivity contribution in [1.82, 2.24) is 5.32 Å². The number of primary amides is 1. The summed E-state index contributed by atoms with van der Waals surface area (Å²) < 4.78 is 0. The molecular weight excluding hydrogens is 216 g/mol. The van der Waals surface area contributed by atoms with Crippen LogP contribution in [-0.2, 0) is 16.0 Å². The second kappa shape index (κ2) is 8.33. The summed E-state index contributed by atoms with van der Waals surface area (Å²) in [7, 11) is 0. The van der Waals surface area contributed by atoms with Crippen LogP contribution in [0.15, 0.2) is 30.3 Å². The minimum atomic E-state index is -0.634. The molecule has 3 N–H and O–H groups in total. The van der Waals surface area contributed by atoms with Crippen LogP contribution < -0.4 is 11.1 Å². The highest BCUT2D eigenvalue weighted by Gasteiger charge is 2.16. The number of rotatable bonds is 4. The number of benzene rings is 1. The van der Waals surface area contributed by atoms with Crippen LogP contribution in [0.5, 0.6) is 0 Å². The molecule has 0 fully saturated rings. The summed E-state index contributed by atoms with van der Waals surface area (Å²) in [5.74, 6) is -0.774. The van der Waals surface area contributed by atoms with Crippen molar-refractivity contribution in [2.24, 2.45) is 5.73 Å².